The fourth-order valence-electron chi connectivity index (χ4n) is 2.36. The molecule has 1 fully saturated rings. The first-order chi connectivity index (χ1) is 11.4. The van der Waals surface area contributed by atoms with E-state index >= 15 is 0 Å². The largest absolute Gasteiger partial charge is 0.495 e. The summed E-state index contributed by atoms with van der Waals surface area (Å²) in [6, 6.07) is 6.47. The fraction of sp³-hybridized carbons (Fsp3) is 0.312. The molecule has 1 aliphatic carbocycles. The molecule has 0 unspecified atom stereocenters. The SMILES string of the molecule is COc1ccc(Cl)cc1NC(=O)C1(C(=O)Nc2cc(C)on2)CC1. The lowest BCUT2D eigenvalue weighted by Gasteiger charge is -2.16. The number of halogens is 1. The molecule has 0 bridgehead atoms. The molecule has 0 atom stereocenters. The minimum atomic E-state index is -1.11. The van der Waals surface area contributed by atoms with Crippen molar-refractivity contribution in [2.24, 2.45) is 5.41 Å². The lowest BCUT2D eigenvalue weighted by atomic mass is 10.0. The predicted octanol–water partition coefficient (Wildman–Crippen LogP) is 3.00. The maximum atomic E-state index is 12.6. The number of hydrogen-bond donors (Lipinski definition) is 2. The number of hydrogen-bond acceptors (Lipinski definition) is 5. The normalized spacial score (nSPS) is 14.8. The van der Waals surface area contributed by atoms with Gasteiger partial charge in [0, 0.05) is 11.1 Å². The Morgan fingerprint density at radius 2 is 1.96 bits per heavy atom. The summed E-state index contributed by atoms with van der Waals surface area (Å²) in [7, 11) is 1.49. The first-order valence-electron chi connectivity index (χ1n) is 7.34. The third-order valence-corrected chi connectivity index (χ3v) is 4.13. The van der Waals surface area contributed by atoms with Crippen molar-refractivity contribution in [2.75, 3.05) is 17.7 Å². The van der Waals surface area contributed by atoms with Crippen molar-refractivity contribution in [3.05, 3.63) is 35.0 Å². The summed E-state index contributed by atoms with van der Waals surface area (Å²) in [5, 5.41) is 9.49. The minimum Gasteiger partial charge on any atom is -0.495 e. The van der Waals surface area contributed by atoms with Crippen LogP contribution >= 0.6 is 11.6 Å². The van der Waals surface area contributed by atoms with Gasteiger partial charge in [-0.1, -0.05) is 16.8 Å². The highest BCUT2D eigenvalue weighted by Crippen LogP contribution is 2.48. The van der Waals surface area contributed by atoms with E-state index in [4.69, 9.17) is 20.9 Å². The van der Waals surface area contributed by atoms with E-state index in [1.165, 1.54) is 7.11 Å². The molecule has 2 amide bonds. The van der Waals surface area contributed by atoms with Crippen LogP contribution in [0.25, 0.3) is 0 Å². The van der Waals surface area contributed by atoms with Crippen LogP contribution in [0.4, 0.5) is 11.5 Å². The summed E-state index contributed by atoms with van der Waals surface area (Å²) in [6.07, 6.45) is 0.925. The molecule has 0 radical (unpaired) electrons. The molecule has 1 aliphatic rings. The Balaban J connectivity index is 1.74. The summed E-state index contributed by atoms with van der Waals surface area (Å²) in [5.74, 6) is 0.520. The number of methoxy groups -OCH3 is 1. The Labute approximate surface area is 143 Å². The van der Waals surface area contributed by atoms with E-state index in [9.17, 15) is 9.59 Å². The van der Waals surface area contributed by atoms with Crippen LogP contribution in [0.2, 0.25) is 5.02 Å². The van der Waals surface area contributed by atoms with Gasteiger partial charge in [0.2, 0.25) is 11.8 Å². The Hall–Kier alpha value is -2.54. The zero-order chi connectivity index (χ0) is 17.3. The molecule has 0 saturated heterocycles. The molecule has 3 rings (SSSR count). The van der Waals surface area contributed by atoms with Gasteiger partial charge in [-0.2, -0.15) is 0 Å². The summed E-state index contributed by atoms with van der Waals surface area (Å²) in [4.78, 5) is 25.0. The lowest BCUT2D eigenvalue weighted by molar-refractivity contribution is -0.131. The molecule has 126 valence electrons. The Morgan fingerprint density at radius 3 is 2.54 bits per heavy atom. The van der Waals surface area contributed by atoms with Crippen LogP contribution in [0, 0.1) is 12.3 Å². The van der Waals surface area contributed by atoms with Gasteiger partial charge >= 0.3 is 0 Å². The number of ether oxygens (including phenoxy) is 1. The van der Waals surface area contributed by atoms with Gasteiger partial charge < -0.3 is 19.9 Å². The first-order valence-corrected chi connectivity index (χ1v) is 7.72. The molecular formula is C16H16ClN3O4. The van der Waals surface area contributed by atoms with E-state index < -0.39 is 17.2 Å². The van der Waals surface area contributed by atoms with Gasteiger partial charge in [-0.25, -0.2) is 0 Å². The smallest absolute Gasteiger partial charge is 0.241 e. The summed E-state index contributed by atoms with van der Waals surface area (Å²) >= 11 is 5.95. The minimum absolute atomic E-state index is 0.289. The molecule has 2 aromatic rings. The molecule has 1 heterocycles. The molecule has 0 spiro atoms. The highest BCUT2D eigenvalue weighted by Gasteiger charge is 2.56. The topological polar surface area (TPSA) is 93.5 Å². The van der Waals surface area contributed by atoms with Crippen molar-refractivity contribution in [1.29, 1.82) is 0 Å². The van der Waals surface area contributed by atoms with Crippen molar-refractivity contribution in [1.82, 2.24) is 5.16 Å². The van der Waals surface area contributed by atoms with E-state index in [1.807, 2.05) is 0 Å². The van der Waals surface area contributed by atoms with E-state index in [2.05, 4.69) is 15.8 Å². The van der Waals surface area contributed by atoms with Gasteiger partial charge in [0.15, 0.2) is 5.82 Å². The van der Waals surface area contributed by atoms with Crippen LogP contribution in [-0.2, 0) is 9.59 Å². The molecule has 0 aliphatic heterocycles. The van der Waals surface area contributed by atoms with E-state index in [-0.39, 0.29) is 5.82 Å². The molecule has 1 aromatic carbocycles. The Bertz CT molecular complexity index is 798. The van der Waals surface area contributed by atoms with Gasteiger partial charge in [0.1, 0.15) is 16.9 Å². The summed E-state index contributed by atoms with van der Waals surface area (Å²) < 4.78 is 10.1. The number of aromatic nitrogens is 1. The zero-order valence-corrected chi connectivity index (χ0v) is 13.9. The second-order valence-electron chi connectivity index (χ2n) is 5.66. The van der Waals surface area contributed by atoms with Gasteiger partial charge in [-0.15, -0.1) is 0 Å². The number of amides is 2. The summed E-state index contributed by atoms with van der Waals surface area (Å²) in [5.41, 5.74) is -0.688. The average molecular weight is 350 g/mol. The van der Waals surface area contributed by atoms with Gasteiger partial charge in [0.05, 0.1) is 12.8 Å². The number of anilines is 2. The molecule has 24 heavy (non-hydrogen) atoms. The zero-order valence-electron chi connectivity index (χ0n) is 13.2. The highest BCUT2D eigenvalue weighted by atomic mass is 35.5. The van der Waals surface area contributed by atoms with Crippen LogP contribution in [0.1, 0.15) is 18.6 Å². The maximum absolute atomic E-state index is 12.6. The molecule has 2 N–H and O–H groups in total. The number of rotatable bonds is 5. The number of aryl methyl sites for hydroxylation is 1. The van der Waals surface area contributed by atoms with Crippen LogP contribution < -0.4 is 15.4 Å². The van der Waals surface area contributed by atoms with Crippen LogP contribution in [0.3, 0.4) is 0 Å². The van der Waals surface area contributed by atoms with Crippen LogP contribution in [-0.4, -0.2) is 24.1 Å². The second-order valence-corrected chi connectivity index (χ2v) is 6.09. The number of carbonyl (C=O) groups excluding carboxylic acids is 2. The van der Waals surface area contributed by atoms with Gasteiger partial charge in [-0.3, -0.25) is 9.59 Å². The molecule has 1 saturated carbocycles. The third kappa shape index (κ3) is 3.07. The van der Waals surface area contributed by atoms with Crippen molar-refractivity contribution < 1.29 is 18.8 Å². The van der Waals surface area contributed by atoms with E-state index in [0.717, 1.165) is 0 Å². The number of nitrogens with zero attached hydrogens (tertiary/aromatic N) is 1. The standard InChI is InChI=1S/C16H16ClN3O4/c1-9-7-13(20-24-9)19-15(22)16(5-6-16)14(21)18-11-8-10(17)3-4-12(11)23-2/h3-4,7-8H,5-6H2,1-2H3,(H,18,21)(H,19,20,22). The number of carbonyl (C=O) groups is 2. The first kappa shape index (κ1) is 16.3. The van der Waals surface area contributed by atoms with Crippen molar-refractivity contribution in [3.8, 4) is 5.75 Å². The maximum Gasteiger partial charge on any atom is 0.241 e. The van der Waals surface area contributed by atoms with Crippen molar-refractivity contribution >= 4 is 34.9 Å². The average Bonchev–Trinajstić information content (AvgIpc) is 3.26. The Kier molecular flexibility index (Phi) is 4.19. The monoisotopic (exact) mass is 349 g/mol. The lowest BCUT2D eigenvalue weighted by Crippen LogP contribution is -2.35. The van der Waals surface area contributed by atoms with Crippen molar-refractivity contribution in [2.45, 2.75) is 19.8 Å². The predicted molar refractivity (Wildman–Crippen MR) is 88.2 cm³/mol. The quantitative estimate of drug-likeness (QED) is 0.809. The van der Waals surface area contributed by atoms with E-state index in [1.54, 1.807) is 31.2 Å². The molecular weight excluding hydrogens is 334 g/mol. The van der Waals surface area contributed by atoms with Crippen LogP contribution in [0.5, 0.6) is 5.75 Å². The number of benzene rings is 1. The molecule has 1 aromatic heterocycles. The molecule has 8 heteroatoms. The third-order valence-electron chi connectivity index (χ3n) is 3.90. The number of nitrogens with one attached hydrogen (secondary N) is 2. The fourth-order valence-corrected chi connectivity index (χ4v) is 2.54. The van der Waals surface area contributed by atoms with Gasteiger partial charge in [0.25, 0.3) is 0 Å². The van der Waals surface area contributed by atoms with Crippen molar-refractivity contribution in [3.63, 3.8) is 0 Å². The second kappa shape index (κ2) is 6.16. The van der Waals surface area contributed by atoms with Crippen LogP contribution in [0.15, 0.2) is 28.8 Å². The molecule has 7 nitrogen and oxygen atoms in total. The summed E-state index contributed by atoms with van der Waals surface area (Å²) in [6.45, 7) is 1.72. The van der Waals surface area contributed by atoms with E-state index in [0.29, 0.717) is 35.1 Å². The highest BCUT2D eigenvalue weighted by molar-refractivity contribution is 6.31. The van der Waals surface area contributed by atoms with Gasteiger partial charge in [-0.05, 0) is 38.0 Å². The Morgan fingerprint density at radius 1 is 1.25 bits per heavy atom.